The van der Waals surface area contributed by atoms with Gasteiger partial charge in [0.15, 0.2) is 0 Å². The number of anilines is 1. The van der Waals surface area contributed by atoms with E-state index in [-0.39, 0.29) is 17.4 Å². The standard InChI is InChI=1S/C21H29F3N6O/c1-15(14-29-10-8-28(3)9-11-29)13-25-20(31)26-19-12-16(2)27-30(19)18-7-5-4-6-17(18)21(22,23)24/h4-7,12,15H,8-11,13-14H2,1-3H3,(H2,25,26,31). The van der Waals surface area contributed by atoms with Crippen LogP contribution in [0.3, 0.4) is 0 Å². The number of hydrogen-bond acceptors (Lipinski definition) is 4. The van der Waals surface area contributed by atoms with E-state index in [2.05, 4.69) is 39.5 Å². The number of aryl methyl sites for hydroxylation is 1. The van der Waals surface area contributed by atoms with Crippen molar-refractivity contribution in [3.05, 3.63) is 41.6 Å². The van der Waals surface area contributed by atoms with E-state index < -0.39 is 17.8 Å². The molecule has 10 heteroatoms. The lowest BCUT2D eigenvalue weighted by Crippen LogP contribution is -2.47. The predicted molar refractivity (Wildman–Crippen MR) is 113 cm³/mol. The van der Waals surface area contributed by atoms with Crippen LogP contribution in [-0.2, 0) is 6.18 Å². The van der Waals surface area contributed by atoms with E-state index in [0.29, 0.717) is 12.2 Å². The maximum absolute atomic E-state index is 13.4. The van der Waals surface area contributed by atoms with Crippen LogP contribution in [0.2, 0.25) is 0 Å². The van der Waals surface area contributed by atoms with Crippen LogP contribution >= 0.6 is 0 Å². The number of halogens is 3. The summed E-state index contributed by atoms with van der Waals surface area (Å²) in [7, 11) is 2.10. The lowest BCUT2D eigenvalue weighted by Gasteiger charge is -2.33. The summed E-state index contributed by atoms with van der Waals surface area (Å²) in [4.78, 5) is 17.1. The first-order chi connectivity index (χ1) is 14.6. The third-order valence-corrected chi connectivity index (χ3v) is 5.29. The van der Waals surface area contributed by atoms with E-state index in [9.17, 15) is 18.0 Å². The maximum atomic E-state index is 13.4. The second-order valence-electron chi connectivity index (χ2n) is 8.14. The number of nitrogens with zero attached hydrogens (tertiary/aromatic N) is 4. The molecule has 1 atom stereocenters. The van der Waals surface area contributed by atoms with Gasteiger partial charge in [0.1, 0.15) is 5.82 Å². The largest absolute Gasteiger partial charge is 0.418 e. The van der Waals surface area contributed by atoms with Crippen LogP contribution in [0.5, 0.6) is 0 Å². The van der Waals surface area contributed by atoms with Crippen LogP contribution in [-0.4, -0.2) is 71.9 Å². The number of aromatic nitrogens is 2. The molecular formula is C21H29F3N6O. The number of rotatable bonds is 6. The number of carbonyl (C=O) groups excluding carboxylic acids is 1. The summed E-state index contributed by atoms with van der Waals surface area (Å²) in [5.74, 6) is 0.421. The van der Waals surface area contributed by atoms with Gasteiger partial charge < -0.3 is 15.1 Å². The van der Waals surface area contributed by atoms with E-state index in [0.717, 1.165) is 43.5 Å². The molecule has 7 nitrogen and oxygen atoms in total. The first-order valence-electron chi connectivity index (χ1n) is 10.3. The molecule has 0 bridgehead atoms. The third kappa shape index (κ3) is 6.20. The second-order valence-corrected chi connectivity index (χ2v) is 8.14. The Labute approximate surface area is 180 Å². The molecule has 1 aromatic heterocycles. The molecule has 3 rings (SSSR count). The zero-order valence-electron chi connectivity index (χ0n) is 18.0. The second kappa shape index (κ2) is 9.69. The van der Waals surface area contributed by atoms with Gasteiger partial charge in [0, 0.05) is 45.3 Å². The first kappa shape index (κ1) is 23.1. The predicted octanol–water partition coefficient (Wildman–Crippen LogP) is 3.20. The minimum Gasteiger partial charge on any atom is -0.338 e. The minimum absolute atomic E-state index is 0.137. The lowest BCUT2D eigenvalue weighted by atomic mass is 10.1. The van der Waals surface area contributed by atoms with Crippen LogP contribution in [0.4, 0.5) is 23.8 Å². The summed E-state index contributed by atoms with van der Waals surface area (Å²) in [6.07, 6.45) is -4.53. The van der Waals surface area contributed by atoms with Gasteiger partial charge in [-0.25, -0.2) is 9.48 Å². The Bertz CT molecular complexity index is 889. The van der Waals surface area contributed by atoms with E-state index in [1.165, 1.54) is 18.2 Å². The van der Waals surface area contributed by atoms with Gasteiger partial charge in [0.2, 0.25) is 0 Å². The van der Waals surface area contributed by atoms with E-state index >= 15 is 0 Å². The van der Waals surface area contributed by atoms with Gasteiger partial charge in [0.25, 0.3) is 0 Å². The molecule has 1 fully saturated rings. The molecule has 1 aliphatic heterocycles. The Kier molecular flexibility index (Phi) is 7.22. The van der Waals surface area contributed by atoms with E-state index in [4.69, 9.17) is 0 Å². The molecule has 1 unspecified atom stereocenters. The fourth-order valence-electron chi connectivity index (χ4n) is 3.63. The van der Waals surface area contributed by atoms with Crippen molar-refractivity contribution in [1.82, 2.24) is 24.9 Å². The smallest absolute Gasteiger partial charge is 0.338 e. The molecule has 2 amide bonds. The minimum atomic E-state index is -4.53. The highest BCUT2D eigenvalue weighted by molar-refractivity contribution is 5.88. The lowest BCUT2D eigenvalue weighted by molar-refractivity contribution is -0.137. The molecule has 1 saturated heterocycles. The van der Waals surface area contributed by atoms with Crippen LogP contribution in [0.1, 0.15) is 18.2 Å². The number of likely N-dealkylation sites (N-methyl/N-ethyl adjacent to an activating group) is 1. The quantitative estimate of drug-likeness (QED) is 0.727. The number of carbonyl (C=O) groups is 1. The number of hydrogen-bond donors (Lipinski definition) is 2. The summed E-state index contributed by atoms with van der Waals surface area (Å²) in [6, 6.07) is 6.22. The van der Waals surface area contributed by atoms with Gasteiger partial charge in [-0.15, -0.1) is 0 Å². The Morgan fingerprint density at radius 2 is 1.87 bits per heavy atom. The molecule has 0 saturated carbocycles. The highest BCUT2D eigenvalue weighted by Crippen LogP contribution is 2.34. The van der Waals surface area contributed by atoms with Gasteiger partial charge in [0.05, 0.1) is 16.9 Å². The van der Waals surface area contributed by atoms with Crippen molar-refractivity contribution in [2.75, 3.05) is 51.6 Å². The summed E-state index contributed by atoms with van der Waals surface area (Å²) >= 11 is 0. The van der Waals surface area contributed by atoms with Crippen LogP contribution < -0.4 is 10.6 Å². The maximum Gasteiger partial charge on any atom is 0.418 e. The van der Waals surface area contributed by atoms with Crippen molar-refractivity contribution in [3.8, 4) is 5.69 Å². The molecule has 1 aliphatic rings. The summed E-state index contributed by atoms with van der Waals surface area (Å²) < 4.78 is 41.3. The number of benzene rings is 1. The average molecular weight is 438 g/mol. The molecule has 2 heterocycles. The zero-order valence-corrected chi connectivity index (χ0v) is 18.0. The Balaban J connectivity index is 1.62. The third-order valence-electron chi connectivity index (χ3n) is 5.29. The van der Waals surface area contributed by atoms with Gasteiger partial charge in [-0.1, -0.05) is 19.1 Å². The van der Waals surface area contributed by atoms with Crippen molar-refractivity contribution in [2.24, 2.45) is 5.92 Å². The molecule has 170 valence electrons. The van der Waals surface area contributed by atoms with Crippen molar-refractivity contribution in [1.29, 1.82) is 0 Å². The first-order valence-corrected chi connectivity index (χ1v) is 10.3. The van der Waals surface area contributed by atoms with Gasteiger partial charge in [-0.3, -0.25) is 5.32 Å². The monoisotopic (exact) mass is 438 g/mol. The summed E-state index contributed by atoms with van der Waals surface area (Å²) in [6.45, 7) is 9.13. The molecule has 2 N–H and O–H groups in total. The zero-order chi connectivity index (χ0) is 22.6. The van der Waals surface area contributed by atoms with Gasteiger partial charge in [-0.2, -0.15) is 18.3 Å². The molecule has 1 aromatic carbocycles. The topological polar surface area (TPSA) is 65.4 Å². The highest BCUT2D eigenvalue weighted by Gasteiger charge is 2.34. The molecule has 0 spiro atoms. The van der Waals surface area contributed by atoms with E-state index in [1.807, 2.05) is 0 Å². The van der Waals surface area contributed by atoms with Crippen molar-refractivity contribution in [2.45, 2.75) is 20.0 Å². The SMILES string of the molecule is Cc1cc(NC(=O)NCC(C)CN2CCN(C)CC2)n(-c2ccccc2C(F)(F)F)n1. The molecule has 0 radical (unpaired) electrons. The number of piperazine rings is 1. The number of urea groups is 1. The Morgan fingerprint density at radius 1 is 1.19 bits per heavy atom. The molecule has 0 aliphatic carbocycles. The van der Waals surface area contributed by atoms with Gasteiger partial charge >= 0.3 is 12.2 Å². The number of para-hydroxylation sites is 1. The fraction of sp³-hybridized carbons (Fsp3) is 0.524. The summed E-state index contributed by atoms with van der Waals surface area (Å²) in [5.41, 5.74) is -0.458. The molecule has 31 heavy (non-hydrogen) atoms. The average Bonchev–Trinajstić information content (AvgIpc) is 3.07. The van der Waals surface area contributed by atoms with Crippen LogP contribution in [0, 0.1) is 12.8 Å². The fourth-order valence-corrected chi connectivity index (χ4v) is 3.63. The Morgan fingerprint density at radius 3 is 2.55 bits per heavy atom. The summed E-state index contributed by atoms with van der Waals surface area (Å²) in [5, 5.41) is 9.60. The molecule has 2 aromatic rings. The van der Waals surface area contributed by atoms with Crippen LogP contribution in [0.25, 0.3) is 5.69 Å². The van der Waals surface area contributed by atoms with Crippen molar-refractivity contribution < 1.29 is 18.0 Å². The van der Waals surface area contributed by atoms with Gasteiger partial charge in [-0.05, 0) is 32.0 Å². The number of alkyl halides is 3. The highest BCUT2D eigenvalue weighted by atomic mass is 19.4. The van der Waals surface area contributed by atoms with Crippen molar-refractivity contribution in [3.63, 3.8) is 0 Å². The van der Waals surface area contributed by atoms with Crippen LogP contribution in [0.15, 0.2) is 30.3 Å². The Hall–Kier alpha value is -2.59. The van der Waals surface area contributed by atoms with E-state index in [1.54, 1.807) is 13.0 Å². The van der Waals surface area contributed by atoms with Crippen molar-refractivity contribution >= 4 is 11.8 Å². The molecular weight excluding hydrogens is 409 g/mol. The number of amides is 2. The normalized spacial score (nSPS) is 16.8. The number of nitrogens with one attached hydrogen (secondary N) is 2.